The predicted octanol–water partition coefficient (Wildman–Crippen LogP) is 2.50. The van der Waals surface area contributed by atoms with Crippen molar-refractivity contribution in [3.63, 3.8) is 0 Å². The standard InChI is InChI=1S/C14H17ClF2N2O3S/c15-12-7-11(3-4-13(12)22-14(16)17)23(20,21)19-10-5-8-1-2-9(6-10)18-8/h3-4,7-10,14,18-19H,1-2,5-6H2. The Hall–Kier alpha value is -0.960. The fourth-order valence-electron chi connectivity index (χ4n) is 3.28. The first-order chi connectivity index (χ1) is 10.8. The smallest absolute Gasteiger partial charge is 0.387 e. The van der Waals surface area contributed by atoms with Gasteiger partial charge in [-0.25, -0.2) is 13.1 Å². The van der Waals surface area contributed by atoms with Gasteiger partial charge in [0.2, 0.25) is 10.0 Å². The maximum atomic E-state index is 12.4. The molecule has 2 atom stereocenters. The third-order valence-corrected chi connectivity index (χ3v) is 6.04. The van der Waals surface area contributed by atoms with Gasteiger partial charge in [-0.15, -0.1) is 0 Å². The minimum Gasteiger partial charge on any atom is -0.433 e. The summed E-state index contributed by atoms with van der Waals surface area (Å²) in [4.78, 5) is -0.0602. The van der Waals surface area contributed by atoms with Crippen molar-refractivity contribution in [3.8, 4) is 5.75 Å². The van der Waals surface area contributed by atoms with E-state index in [0.717, 1.165) is 37.8 Å². The van der Waals surface area contributed by atoms with E-state index in [1.54, 1.807) is 0 Å². The molecule has 0 aromatic heterocycles. The van der Waals surface area contributed by atoms with Crippen LogP contribution in [0, 0.1) is 0 Å². The number of rotatable bonds is 5. The molecule has 9 heteroatoms. The Labute approximate surface area is 138 Å². The number of piperidine rings is 1. The van der Waals surface area contributed by atoms with E-state index in [2.05, 4.69) is 14.8 Å². The quantitative estimate of drug-likeness (QED) is 0.840. The van der Waals surface area contributed by atoms with Crippen LogP contribution in [0.1, 0.15) is 25.7 Å². The highest BCUT2D eigenvalue weighted by atomic mass is 35.5. The van der Waals surface area contributed by atoms with Gasteiger partial charge in [-0.1, -0.05) is 11.6 Å². The molecule has 3 rings (SSSR count). The predicted molar refractivity (Wildman–Crippen MR) is 81.4 cm³/mol. The van der Waals surface area contributed by atoms with Gasteiger partial charge in [0.1, 0.15) is 5.75 Å². The molecule has 5 nitrogen and oxygen atoms in total. The summed E-state index contributed by atoms with van der Waals surface area (Å²) in [5, 5.41) is 3.27. The Balaban J connectivity index is 1.73. The van der Waals surface area contributed by atoms with Crippen LogP contribution in [-0.2, 0) is 10.0 Å². The molecule has 0 radical (unpaired) electrons. The van der Waals surface area contributed by atoms with Crippen molar-refractivity contribution in [1.82, 2.24) is 10.0 Å². The van der Waals surface area contributed by atoms with Crippen molar-refractivity contribution in [1.29, 1.82) is 0 Å². The summed E-state index contributed by atoms with van der Waals surface area (Å²) in [5.41, 5.74) is 0. The number of benzene rings is 1. The highest BCUT2D eigenvalue weighted by molar-refractivity contribution is 7.89. The van der Waals surface area contributed by atoms with Crippen LogP contribution in [0.15, 0.2) is 23.1 Å². The number of halogens is 3. The van der Waals surface area contributed by atoms with Gasteiger partial charge in [-0.3, -0.25) is 0 Å². The molecule has 0 saturated carbocycles. The number of ether oxygens (including phenoxy) is 1. The SMILES string of the molecule is O=S(=O)(NC1CC2CCC(C1)N2)c1ccc(OC(F)F)c(Cl)c1. The Bertz CT molecular complexity index is 675. The minimum atomic E-state index is -3.75. The van der Waals surface area contributed by atoms with E-state index in [0.29, 0.717) is 12.1 Å². The highest BCUT2D eigenvalue weighted by Gasteiger charge is 2.35. The largest absolute Gasteiger partial charge is 0.433 e. The topological polar surface area (TPSA) is 67.4 Å². The molecule has 2 saturated heterocycles. The van der Waals surface area contributed by atoms with Crippen LogP contribution in [0.4, 0.5) is 8.78 Å². The molecule has 0 amide bonds. The van der Waals surface area contributed by atoms with E-state index in [9.17, 15) is 17.2 Å². The van der Waals surface area contributed by atoms with Gasteiger partial charge in [0, 0.05) is 18.1 Å². The van der Waals surface area contributed by atoms with Gasteiger partial charge in [-0.2, -0.15) is 8.78 Å². The third kappa shape index (κ3) is 3.93. The summed E-state index contributed by atoms with van der Waals surface area (Å²) in [6, 6.07) is 4.04. The Morgan fingerprint density at radius 2 is 1.91 bits per heavy atom. The number of hydrogen-bond acceptors (Lipinski definition) is 4. The number of fused-ring (bicyclic) bond motifs is 2. The maximum Gasteiger partial charge on any atom is 0.387 e. The van der Waals surface area contributed by atoms with Crippen LogP contribution in [0.25, 0.3) is 0 Å². The van der Waals surface area contributed by atoms with Gasteiger partial charge in [0.15, 0.2) is 0 Å². The van der Waals surface area contributed by atoms with Crippen molar-refractivity contribution in [2.45, 2.75) is 55.3 Å². The summed E-state index contributed by atoms with van der Waals surface area (Å²) in [6.07, 6.45) is 3.62. The molecular formula is C14H17ClF2N2O3S. The third-order valence-electron chi connectivity index (χ3n) is 4.22. The molecule has 2 bridgehead atoms. The summed E-state index contributed by atoms with van der Waals surface area (Å²) in [5.74, 6) is -0.250. The summed E-state index contributed by atoms with van der Waals surface area (Å²) in [6.45, 7) is -3.02. The molecule has 2 aliphatic rings. The summed E-state index contributed by atoms with van der Waals surface area (Å²) < 4.78 is 56.2. The number of alkyl halides is 2. The van der Waals surface area contributed by atoms with E-state index in [-0.39, 0.29) is 21.7 Å². The molecule has 2 N–H and O–H groups in total. The molecule has 1 aromatic rings. The van der Waals surface area contributed by atoms with Crippen LogP contribution in [0.2, 0.25) is 5.02 Å². The van der Waals surface area contributed by atoms with Crippen molar-refractivity contribution in [2.24, 2.45) is 0 Å². The van der Waals surface area contributed by atoms with Gasteiger partial charge in [0.25, 0.3) is 0 Å². The van der Waals surface area contributed by atoms with Crippen LogP contribution in [0.3, 0.4) is 0 Å². The van der Waals surface area contributed by atoms with Crippen LogP contribution >= 0.6 is 11.6 Å². The van der Waals surface area contributed by atoms with Crippen molar-refractivity contribution in [3.05, 3.63) is 23.2 Å². The molecule has 2 aliphatic heterocycles. The van der Waals surface area contributed by atoms with E-state index in [4.69, 9.17) is 11.6 Å². The zero-order valence-electron chi connectivity index (χ0n) is 12.1. The number of hydrogen-bond donors (Lipinski definition) is 2. The first-order valence-corrected chi connectivity index (χ1v) is 9.22. The molecular weight excluding hydrogens is 350 g/mol. The van der Waals surface area contributed by atoms with Gasteiger partial charge in [0.05, 0.1) is 9.92 Å². The first kappa shape index (κ1) is 16.9. The average molecular weight is 367 g/mol. The Kier molecular flexibility index (Phi) is 4.78. The monoisotopic (exact) mass is 366 g/mol. The van der Waals surface area contributed by atoms with E-state index < -0.39 is 16.6 Å². The average Bonchev–Trinajstić information content (AvgIpc) is 2.79. The van der Waals surface area contributed by atoms with Crippen molar-refractivity contribution in [2.75, 3.05) is 0 Å². The second-order valence-corrected chi connectivity index (χ2v) is 8.02. The summed E-state index contributed by atoms with van der Waals surface area (Å²) >= 11 is 5.82. The molecule has 0 aliphatic carbocycles. The zero-order valence-corrected chi connectivity index (χ0v) is 13.7. The Morgan fingerprint density at radius 3 is 2.48 bits per heavy atom. The van der Waals surface area contributed by atoms with E-state index in [1.165, 1.54) is 6.07 Å². The van der Waals surface area contributed by atoms with Crippen LogP contribution in [-0.4, -0.2) is 33.2 Å². The molecule has 128 valence electrons. The van der Waals surface area contributed by atoms with Gasteiger partial charge < -0.3 is 10.1 Å². The molecule has 2 unspecified atom stereocenters. The fourth-order valence-corrected chi connectivity index (χ4v) is 4.86. The van der Waals surface area contributed by atoms with E-state index in [1.807, 2.05) is 0 Å². The van der Waals surface area contributed by atoms with Crippen molar-refractivity contribution < 1.29 is 21.9 Å². The van der Waals surface area contributed by atoms with E-state index >= 15 is 0 Å². The van der Waals surface area contributed by atoms with Crippen LogP contribution < -0.4 is 14.8 Å². The summed E-state index contributed by atoms with van der Waals surface area (Å²) in [7, 11) is -3.75. The number of nitrogens with one attached hydrogen (secondary N) is 2. The molecule has 2 heterocycles. The highest BCUT2D eigenvalue weighted by Crippen LogP contribution is 2.30. The fraction of sp³-hybridized carbons (Fsp3) is 0.571. The lowest BCUT2D eigenvalue weighted by atomic mass is 10.0. The lowest BCUT2D eigenvalue weighted by Crippen LogP contribution is -2.47. The molecule has 2 fully saturated rings. The van der Waals surface area contributed by atoms with Crippen LogP contribution in [0.5, 0.6) is 5.75 Å². The van der Waals surface area contributed by atoms with Gasteiger partial charge >= 0.3 is 6.61 Å². The zero-order chi connectivity index (χ0) is 16.6. The number of sulfonamides is 1. The lowest BCUT2D eigenvalue weighted by molar-refractivity contribution is -0.0498. The molecule has 23 heavy (non-hydrogen) atoms. The maximum absolute atomic E-state index is 12.4. The minimum absolute atomic E-state index is 0.0602. The molecule has 1 aromatic carbocycles. The lowest BCUT2D eigenvalue weighted by Gasteiger charge is -2.29. The van der Waals surface area contributed by atoms with Gasteiger partial charge in [-0.05, 0) is 43.9 Å². The molecule has 0 spiro atoms. The Morgan fingerprint density at radius 1 is 1.26 bits per heavy atom. The normalized spacial score (nSPS) is 27.4. The first-order valence-electron chi connectivity index (χ1n) is 7.36. The second kappa shape index (κ2) is 6.51. The second-order valence-electron chi connectivity index (χ2n) is 5.90. The van der Waals surface area contributed by atoms with Crippen molar-refractivity contribution >= 4 is 21.6 Å².